The van der Waals surface area contributed by atoms with Gasteiger partial charge in [0.25, 0.3) is 0 Å². The molecule has 0 aliphatic carbocycles. The molecule has 4 nitrogen and oxygen atoms in total. The second-order valence-electron chi connectivity index (χ2n) is 3.18. The molecule has 33 heteroatoms. The molecule has 1 aliphatic heterocycles. The maximum absolute atomic E-state index is 10.6. The van der Waals surface area contributed by atoms with E-state index in [0.717, 1.165) is 30.1 Å². The number of carboxylic acid groups (broad SMARTS) is 1. The Kier molecular flexibility index (Phi) is 336. The molecule has 0 amide bonds. The molecule has 1 aromatic heterocycles. The summed E-state index contributed by atoms with van der Waals surface area (Å²) in [6.07, 6.45) is 0.871. The minimum Gasteiger partial charge on any atom is -0.476 e. The highest BCUT2D eigenvalue weighted by Crippen LogP contribution is 2.24. The first-order valence-corrected chi connectivity index (χ1v) is 6.89. The van der Waals surface area contributed by atoms with E-state index in [0.29, 0.717) is 0 Å². The van der Waals surface area contributed by atoms with Gasteiger partial charge in [0.1, 0.15) is 0 Å². The number of aromatic nitrogens is 1. The summed E-state index contributed by atoms with van der Waals surface area (Å²) >= 11 is 1.29. The summed E-state index contributed by atoms with van der Waals surface area (Å²) < 4.78 is 224. The third-order valence-electron chi connectivity index (χ3n) is 2.11. The highest BCUT2D eigenvalue weighted by atomic mass is 32.1. The van der Waals surface area contributed by atoms with E-state index in [-0.39, 0.29) is 5.01 Å². The van der Waals surface area contributed by atoms with Gasteiger partial charge in [-0.15, -0.1) is 11.3 Å². The Bertz CT molecular complexity index is 385. The lowest BCUT2D eigenvalue weighted by Crippen LogP contribution is -2.25. The van der Waals surface area contributed by atoms with Gasteiger partial charge < -0.3 is 10.0 Å². The fourth-order valence-electron chi connectivity index (χ4n) is 1.41. The number of carbonyl (C=O) groups is 1. The first-order chi connectivity index (χ1) is 20.2. The zero-order valence-corrected chi connectivity index (χ0v) is 18.7. The molecule has 0 saturated heterocycles. The number of hydrogen-bond donors (Lipinski definition) is 1. The molecule has 2 heterocycles. The van der Waals surface area contributed by atoms with Crippen molar-refractivity contribution in [2.75, 3.05) is 13.6 Å². The van der Waals surface area contributed by atoms with Crippen LogP contribution in [0, 0.1) is 0 Å². The standard InChI is InChI=1S/C8H10N2O2S.14F2/c1-10-3-2-5-6(4-10)13-7(9-5)8(11)12;14*1-2/h2-4H2,1H3,(H,11,12);;;;;;;;;;;;;;. The van der Waals surface area contributed by atoms with Crippen molar-refractivity contribution in [3.05, 3.63) is 15.6 Å². The van der Waals surface area contributed by atoms with E-state index in [9.17, 15) is 4.79 Å². The van der Waals surface area contributed by atoms with Crippen LogP contribution >= 0.6 is 11.3 Å². The average Bonchev–Trinajstić information content (AvgIpc) is 3.57. The lowest BCUT2D eigenvalue weighted by atomic mass is 10.2. The number of aromatic carboxylic acids is 1. The van der Waals surface area contributed by atoms with Gasteiger partial charge in [-0.2, -0.15) is 0 Å². The Morgan fingerprint density at radius 1 is 0.585 bits per heavy atom. The van der Waals surface area contributed by atoms with Crippen LogP contribution in [-0.2, 0) is 13.0 Å². The van der Waals surface area contributed by atoms with Crippen molar-refractivity contribution in [2.24, 2.45) is 0 Å². The molecule has 0 fully saturated rings. The van der Waals surface area contributed by atoms with Gasteiger partial charge in [-0.25, -0.2) is 9.78 Å². The van der Waals surface area contributed by atoms with Crippen molar-refractivity contribution in [1.82, 2.24) is 9.88 Å². The molecule has 0 saturated carbocycles. The zero-order valence-electron chi connectivity index (χ0n) is 17.9. The Morgan fingerprint density at radius 2 is 0.829 bits per heavy atom. The molecule has 266 valence electrons. The quantitative estimate of drug-likeness (QED) is 0.292. The van der Waals surface area contributed by atoms with Crippen LogP contribution in [0.5, 0.6) is 0 Å². The van der Waals surface area contributed by atoms with E-state index in [1.54, 1.807) is 0 Å². The Balaban J connectivity index is -0.0000000219. The summed E-state index contributed by atoms with van der Waals surface area (Å²) in [5.41, 5.74) is 0.973. The van der Waals surface area contributed by atoms with E-state index in [4.69, 9.17) is 133 Å². The lowest BCUT2D eigenvalue weighted by Gasteiger charge is -2.20. The third kappa shape index (κ3) is 93.6. The van der Waals surface area contributed by atoms with Crippen LogP contribution in [0.4, 0.5) is 128 Å². The monoisotopic (exact) mass is 730 g/mol. The van der Waals surface area contributed by atoms with Gasteiger partial charge in [-0.1, -0.05) is 0 Å². The highest BCUT2D eigenvalue weighted by molar-refractivity contribution is 7.13. The second-order valence-corrected chi connectivity index (χ2v) is 4.27. The molecule has 1 N–H and O–H groups in total. The molecular formula is C8H10F28N2O2S. The predicted molar refractivity (Wildman–Crippen MR) is 80.1 cm³/mol. The first-order valence-electron chi connectivity index (χ1n) is 6.07. The van der Waals surface area contributed by atoms with Crippen LogP contribution in [0.1, 0.15) is 20.4 Å². The zero-order chi connectivity index (χ0) is 37.4. The van der Waals surface area contributed by atoms with Gasteiger partial charge in [0, 0.05) is 152 Å². The first kappa shape index (κ1) is 83.2. The SMILES string of the molecule is CN1CCc2nc(C(=O)O)sc2C1.FF.FF.FF.FF.FF.FF.FF.FF.FF.FF.FF.FF.FF.FF. The summed E-state index contributed by atoms with van der Waals surface area (Å²) in [7, 11) is 2.03. The van der Waals surface area contributed by atoms with Gasteiger partial charge in [-0.05, 0) is 7.05 Å². The molecule has 1 aliphatic rings. The van der Waals surface area contributed by atoms with Crippen molar-refractivity contribution < 1.29 is 138 Å². The molecule has 41 heavy (non-hydrogen) atoms. The summed E-state index contributed by atoms with van der Waals surface area (Å²) in [6, 6.07) is 0. The molecule has 0 radical (unpaired) electrons. The topological polar surface area (TPSA) is 53.4 Å². The Morgan fingerprint density at radius 3 is 1.05 bits per heavy atom. The van der Waals surface area contributed by atoms with Crippen LogP contribution < -0.4 is 0 Å². The summed E-state index contributed by atoms with van der Waals surface area (Å²) in [5, 5.41) is 8.96. The number of likely N-dealkylation sites (N-methyl/N-ethyl adjacent to an activating group) is 1. The van der Waals surface area contributed by atoms with Crippen molar-refractivity contribution in [2.45, 2.75) is 13.0 Å². The maximum atomic E-state index is 10.6. The van der Waals surface area contributed by atoms with Gasteiger partial charge >= 0.3 is 5.97 Å². The number of rotatable bonds is 1. The van der Waals surface area contributed by atoms with Gasteiger partial charge in [0.15, 0.2) is 0 Å². The van der Waals surface area contributed by atoms with Crippen molar-refractivity contribution in [1.29, 1.82) is 0 Å². The van der Waals surface area contributed by atoms with Gasteiger partial charge in [-0.3, -0.25) is 0 Å². The van der Waals surface area contributed by atoms with Crippen molar-refractivity contribution >= 4 is 17.3 Å². The molecule has 0 unspecified atom stereocenters. The van der Waals surface area contributed by atoms with Crippen LogP contribution in [-0.4, -0.2) is 34.6 Å². The lowest BCUT2D eigenvalue weighted by molar-refractivity contribution is 0.0696. The fraction of sp³-hybridized carbons (Fsp3) is 0.500. The van der Waals surface area contributed by atoms with E-state index in [2.05, 4.69) is 9.88 Å². The van der Waals surface area contributed by atoms with E-state index < -0.39 is 5.97 Å². The molecule has 1 aromatic rings. The van der Waals surface area contributed by atoms with E-state index >= 15 is 0 Å². The molecular weight excluding hydrogens is 720 g/mol. The summed E-state index contributed by atoms with van der Waals surface area (Å²) in [6.45, 7) is 1.80. The van der Waals surface area contributed by atoms with Gasteiger partial charge in [0.2, 0.25) is 5.01 Å². The molecule has 0 atom stereocenters. The highest BCUT2D eigenvalue weighted by Gasteiger charge is 2.20. The Labute approximate surface area is 209 Å². The second kappa shape index (κ2) is 165. The minimum atomic E-state index is -0.915. The maximum Gasteiger partial charge on any atom is 0.365 e. The van der Waals surface area contributed by atoms with E-state index in [1.165, 1.54) is 11.3 Å². The average molecular weight is 730 g/mol. The fourth-order valence-corrected chi connectivity index (χ4v) is 2.44. The van der Waals surface area contributed by atoms with Crippen LogP contribution in [0.2, 0.25) is 0 Å². The smallest absolute Gasteiger partial charge is 0.365 e. The number of hydrogen-bond acceptors (Lipinski definition) is 4. The van der Waals surface area contributed by atoms with Gasteiger partial charge in [0.05, 0.1) is 5.69 Å². The van der Waals surface area contributed by atoms with Crippen LogP contribution in [0.15, 0.2) is 0 Å². The van der Waals surface area contributed by atoms with Crippen LogP contribution in [0.3, 0.4) is 0 Å². The normalized spacial score (nSPS) is 7.44. The third-order valence-corrected chi connectivity index (χ3v) is 3.18. The van der Waals surface area contributed by atoms with Crippen molar-refractivity contribution in [3.63, 3.8) is 0 Å². The molecule has 0 spiro atoms. The molecule has 0 bridgehead atoms. The minimum absolute atomic E-state index is 0.223. The molecule has 2 rings (SSSR count). The van der Waals surface area contributed by atoms with Crippen molar-refractivity contribution in [3.8, 4) is 0 Å². The number of fused-ring (bicyclic) bond motifs is 1. The summed E-state index contributed by atoms with van der Waals surface area (Å²) in [5.74, 6) is -0.915. The number of halogens is 28. The predicted octanol–water partition coefficient (Wildman–Crippen LogP) is 12.6. The summed E-state index contributed by atoms with van der Waals surface area (Å²) in [4.78, 5) is 18.0. The number of nitrogens with zero attached hydrogens (tertiary/aromatic N) is 2. The number of carboxylic acids is 1. The largest absolute Gasteiger partial charge is 0.476 e. The Hall–Kier alpha value is -2.90. The van der Waals surface area contributed by atoms with Crippen LogP contribution in [0.25, 0.3) is 0 Å². The molecule has 0 aromatic carbocycles. The van der Waals surface area contributed by atoms with E-state index in [1.807, 2.05) is 7.05 Å². The number of thiazole rings is 1.